The Balaban J connectivity index is 1.77. The van der Waals surface area contributed by atoms with Gasteiger partial charge in [-0.2, -0.15) is 13.2 Å². The number of thiophene rings is 1. The first-order chi connectivity index (χ1) is 13.4. The molecule has 4 aromatic rings. The van der Waals surface area contributed by atoms with Crippen LogP contribution in [0.2, 0.25) is 5.02 Å². The van der Waals surface area contributed by atoms with E-state index >= 15 is 0 Å². The molecule has 3 aromatic heterocycles. The Morgan fingerprint density at radius 1 is 1.07 bits per heavy atom. The van der Waals surface area contributed by atoms with E-state index in [-0.39, 0.29) is 5.02 Å². The van der Waals surface area contributed by atoms with Crippen LogP contribution < -0.4 is 5.32 Å². The number of hydrogen-bond acceptors (Lipinski definition) is 5. The fourth-order valence-corrected chi connectivity index (χ4v) is 3.95. The largest absolute Gasteiger partial charge is 0.417 e. The van der Waals surface area contributed by atoms with Crippen molar-refractivity contribution in [1.82, 2.24) is 15.0 Å². The molecular weight excluding hydrogens is 409 g/mol. The lowest BCUT2D eigenvalue weighted by molar-refractivity contribution is -0.137. The number of halogens is 4. The van der Waals surface area contributed by atoms with Crippen LogP contribution in [0.15, 0.2) is 54.3 Å². The number of benzene rings is 1. The molecule has 0 saturated heterocycles. The van der Waals surface area contributed by atoms with Gasteiger partial charge in [-0.05, 0) is 29.8 Å². The summed E-state index contributed by atoms with van der Waals surface area (Å²) < 4.78 is 39.7. The maximum absolute atomic E-state index is 13.2. The topological polar surface area (TPSA) is 50.7 Å². The predicted octanol–water partition coefficient (Wildman–Crippen LogP) is 6.04. The van der Waals surface area contributed by atoms with Crippen molar-refractivity contribution in [2.45, 2.75) is 12.7 Å². The summed E-state index contributed by atoms with van der Waals surface area (Å²) in [5.41, 5.74) is 0.965. The van der Waals surface area contributed by atoms with E-state index in [0.717, 1.165) is 11.8 Å². The summed E-state index contributed by atoms with van der Waals surface area (Å²) in [7, 11) is 0. The minimum atomic E-state index is -4.53. The highest BCUT2D eigenvalue weighted by molar-refractivity contribution is 7.17. The van der Waals surface area contributed by atoms with Crippen molar-refractivity contribution in [2.75, 3.05) is 5.32 Å². The lowest BCUT2D eigenvalue weighted by Crippen LogP contribution is -2.06. The van der Waals surface area contributed by atoms with Crippen molar-refractivity contribution in [3.8, 4) is 11.1 Å². The summed E-state index contributed by atoms with van der Waals surface area (Å²) in [4.78, 5) is 13.4. The van der Waals surface area contributed by atoms with Crippen LogP contribution in [0.4, 0.5) is 19.0 Å². The highest BCUT2D eigenvalue weighted by Gasteiger charge is 2.33. The highest BCUT2D eigenvalue weighted by Crippen LogP contribution is 2.41. The predicted molar refractivity (Wildman–Crippen MR) is 104 cm³/mol. The second-order valence-electron chi connectivity index (χ2n) is 5.92. The van der Waals surface area contributed by atoms with E-state index in [1.54, 1.807) is 17.6 Å². The maximum Gasteiger partial charge on any atom is 0.417 e. The van der Waals surface area contributed by atoms with E-state index in [4.69, 9.17) is 11.6 Å². The SMILES string of the molecule is FC(F)(F)c1cc(-c2csc3ncnc(NCc4ccccn4)c23)ccc1Cl. The van der Waals surface area contributed by atoms with Crippen LogP contribution in [0.25, 0.3) is 21.3 Å². The molecule has 0 fully saturated rings. The van der Waals surface area contributed by atoms with E-state index in [2.05, 4.69) is 20.3 Å². The van der Waals surface area contributed by atoms with Crippen molar-refractivity contribution in [3.05, 3.63) is 70.6 Å². The van der Waals surface area contributed by atoms with Crippen LogP contribution >= 0.6 is 22.9 Å². The van der Waals surface area contributed by atoms with Crippen LogP contribution in [0.5, 0.6) is 0 Å². The van der Waals surface area contributed by atoms with Crippen LogP contribution in [0.3, 0.4) is 0 Å². The summed E-state index contributed by atoms with van der Waals surface area (Å²) in [5, 5.41) is 5.31. The third-order valence-electron chi connectivity index (χ3n) is 4.12. The molecule has 0 saturated carbocycles. The van der Waals surface area contributed by atoms with E-state index in [1.165, 1.54) is 23.7 Å². The van der Waals surface area contributed by atoms with Gasteiger partial charge in [0.25, 0.3) is 0 Å². The smallest absolute Gasteiger partial charge is 0.364 e. The average Bonchev–Trinajstić information content (AvgIpc) is 3.11. The molecule has 0 radical (unpaired) electrons. The minimum absolute atomic E-state index is 0.333. The number of alkyl halides is 3. The number of anilines is 1. The van der Waals surface area contributed by atoms with Gasteiger partial charge in [-0.1, -0.05) is 23.7 Å². The molecule has 4 rings (SSSR count). The normalized spacial score (nSPS) is 11.7. The van der Waals surface area contributed by atoms with Crippen LogP contribution in [-0.2, 0) is 12.7 Å². The molecular formula is C19H12ClF3N4S. The first-order valence-electron chi connectivity index (χ1n) is 8.16. The standard InChI is InChI=1S/C19H12ClF3N4S/c20-15-5-4-11(7-14(15)19(21,22)23)13-9-28-18-16(13)17(26-10-27-18)25-8-12-3-1-2-6-24-12/h1-7,9-10H,8H2,(H,25,26,27). The van der Waals surface area contributed by atoms with Gasteiger partial charge in [0.05, 0.1) is 28.2 Å². The Morgan fingerprint density at radius 3 is 2.68 bits per heavy atom. The Labute approximate surface area is 167 Å². The van der Waals surface area contributed by atoms with Gasteiger partial charge in [-0.3, -0.25) is 4.98 Å². The van der Waals surface area contributed by atoms with Crippen molar-refractivity contribution in [3.63, 3.8) is 0 Å². The number of rotatable bonds is 4. The molecule has 0 atom stereocenters. The van der Waals surface area contributed by atoms with Gasteiger partial charge in [0.15, 0.2) is 0 Å². The molecule has 142 valence electrons. The Morgan fingerprint density at radius 2 is 1.93 bits per heavy atom. The molecule has 0 aliphatic carbocycles. The van der Waals surface area contributed by atoms with Gasteiger partial charge in [0.1, 0.15) is 17.0 Å². The third kappa shape index (κ3) is 3.65. The number of nitrogens with one attached hydrogen (secondary N) is 1. The van der Waals surface area contributed by atoms with Gasteiger partial charge >= 0.3 is 6.18 Å². The maximum atomic E-state index is 13.2. The van der Waals surface area contributed by atoms with Crippen LogP contribution in [0.1, 0.15) is 11.3 Å². The number of nitrogens with zero attached hydrogens (tertiary/aromatic N) is 3. The van der Waals surface area contributed by atoms with E-state index < -0.39 is 11.7 Å². The van der Waals surface area contributed by atoms with Crippen molar-refractivity contribution in [2.24, 2.45) is 0 Å². The fourth-order valence-electron chi connectivity index (χ4n) is 2.81. The van der Waals surface area contributed by atoms with E-state index in [9.17, 15) is 13.2 Å². The summed E-state index contributed by atoms with van der Waals surface area (Å²) in [6.45, 7) is 0.427. The zero-order chi connectivity index (χ0) is 19.7. The summed E-state index contributed by atoms with van der Waals surface area (Å²) in [6.07, 6.45) is -1.42. The number of fused-ring (bicyclic) bond motifs is 1. The summed E-state index contributed by atoms with van der Waals surface area (Å²) >= 11 is 7.09. The van der Waals surface area contributed by atoms with Gasteiger partial charge < -0.3 is 5.32 Å². The second-order valence-corrected chi connectivity index (χ2v) is 7.18. The molecule has 0 unspecified atom stereocenters. The van der Waals surface area contributed by atoms with Crippen LogP contribution in [-0.4, -0.2) is 15.0 Å². The monoisotopic (exact) mass is 420 g/mol. The Kier molecular flexibility index (Phi) is 4.91. The Bertz CT molecular complexity index is 1130. The first kappa shape index (κ1) is 18.6. The molecule has 4 nitrogen and oxygen atoms in total. The van der Waals surface area contributed by atoms with E-state index in [1.807, 2.05) is 18.2 Å². The molecule has 0 bridgehead atoms. The zero-order valence-electron chi connectivity index (χ0n) is 14.2. The fraction of sp³-hybridized carbons (Fsp3) is 0.105. The van der Waals surface area contributed by atoms with Crippen molar-refractivity contribution < 1.29 is 13.2 Å². The highest BCUT2D eigenvalue weighted by atomic mass is 35.5. The molecule has 3 heterocycles. The number of aromatic nitrogens is 3. The lowest BCUT2D eigenvalue weighted by atomic mass is 10.0. The molecule has 28 heavy (non-hydrogen) atoms. The second kappa shape index (κ2) is 7.37. The Hall–Kier alpha value is -2.71. The van der Waals surface area contributed by atoms with Gasteiger partial charge in [-0.25, -0.2) is 9.97 Å². The minimum Gasteiger partial charge on any atom is -0.364 e. The first-order valence-corrected chi connectivity index (χ1v) is 9.42. The molecule has 9 heteroatoms. The zero-order valence-corrected chi connectivity index (χ0v) is 15.7. The van der Waals surface area contributed by atoms with Gasteiger partial charge in [-0.15, -0.1) is 11.3 Å². The molecule has 0 aliphatic heterocycles. The molecule has 0 aliphatic rings. The average molecular weight is 421 g/mol. The van der Waals surface area contributed by atoms with Crippen molar-refractivity contribution in [1.29, 1.82) is 0 Å². The molecule has 1 aromatic carbocycles. The molecule has 0 spiro atoms. The third-order valence-corrected chi connectivity index (χ3v) is 5.33. The van der Waals surface area contributed by atoms with Crippen molar-refractivity contribution >= 4 is 39.0 Å². The van der Waals surface area contributed by atoms with Gasteiger partial charge in [0, 0.05) is 17.1 Å². The number of pyridine rings is 1. The summed E-state index contributed by atoms with van der Waals surface area (Å²) in [6, 6.07) is 9.45. The van der Waals surface area contributed by atoms with Gasteiger partial charge in [0.2, 0.25) is 0 Å². The van der Waals surface area contributed by atoms with Crippen LogP contribution in [0, 0.1) is 0 Å². The number of hydrogen-bond donors (Lipinski definition) is 1. The summed E-state index contributed by atoms with van der Waals surface area (Å²) in [5.74, 6) is 0.537. The molecule has 0 amide bonds. The lowest BCUT2D eigenvalue weighted by Gasteiger charge is -2.12. The molecule has 1 N–H and O–H groups in total. The van der Waals surface area contributed by atoms with E-state index in [0.29, 0.717) is 33.7 Å². The quantitative estimate of drug-likeness (QED) is 0.437.